The third kappa shape index (κ3) is 4.53. The van der Waals surface area contributed by atoms with E-state index in [1.54, 1.807) is 44.2 Å². The molecular weight excluding hydrogens is 378 g/mol. The third-order valence-electron chi connectivity index (χ3n) is 4.53. The Labute approximate surface area is 168 Å². The zero-order valence-corrected chi connectivity index (χ0v) is 16.9. The van der Waals surface area contributed by atoms with Gasteiger partial charge in [0.15, 0.2) is 6.10 Å². The maximum absolute atomic E-state index is 13.0. The minimum Gasteiger partial charge on any atom is -0.466 e. The van der Waals surface area contributed by atoms with Crippen molar-refractivity contribution < 1.29 is 33.4 Å². The van der Waals surface area contributed by atoms with Gasteiger partial charge in [0, 0.05) is 17.0 Å². The Morgan fingerprint density at radius 3 is 1.83 bits per heavy atom. The van der Waals surface area contributed by atoms with E-state index in [9.17, 15) is 19.2 Å². The van der Waals surface area contributed by atoms with Gasteiger partial charge in [0.1, 0.15) is 5.92 Å². The Balaban J connectivity index is 2.40. The van der Waals surface area contributed by atoms with E-state index in [1.165, 1.54) is 6.92 Å². The number of hydrogen-bond donors (Lipinski definition) is 1. The highest BCUT2D eigenvalue weighted by molar-refractivity contribution is 6.06. The molecule has 0 aliphatic carbocycles. The highest BCUT2D eigenvalue weighted by Gasteiger charge is 2.43. The van der Waals surface area contributed by atoms with Crippen LogP contribution in [-0.2, 0) is 28.6 Å². The van der Waals surface area contributed by atoms with Gasteiger partial charge in [0.25, 0.3) is 0 Å². The van der Waals surface area contributed by atoms with Crippen LogP contribution in [0.5, 0.6) is 0 Å². The minimum atomic E-state index is -1.39. The lowest BCUT2D eigenvalue weighted by Crippen LogP contribution is -2.39. The number of rotatable bonds is 6. The molecule has 1 N–H and O–H groups in total. The number of nitrogens with one attached hydrogen (secondary N) is 1. The molecule has 0 unspecified atom stereocenters. The fourth-order valence-corrected chi connectivity index (χ4v) is 3.12. The highest BCUT2D eigenvalue weighted by atomic mass is 16.6. The summed E-state index contributed by atoms with van der Waals surface area (Å²) in [4.78, 5) is 50.2. The van der Waals surface area contributed by atoms with Crippen LogP contribution in [0.3, 0.4) is 0 Å². The summed E-state index contributed by atoms with van der Waals surface area (Å²) < 4.78 is 14.9. The molecule has 0 spiro atoms. The molecule has 8 heteroatoms. The molecule has 1 atom stereocenters. The molecular formula is C21H23NO7. The second-order valence-corrected chi connectivity index (χ2v) is 6.43. The molecule has 0 saturated carbocycles. The third-order valence-corrected chi connectivity index (χ3v) is 4.53. The van der Waals surface area contributed by atoms with E-state index in [1.807, 2.05) is 0 Å². The first-order chi connectivity index (χ1) is 13.7. The van der Waals surface area contributed by atoms with Crippen LogP contribution >= 0.6 is 0 Å². The van der Waals surface area contributed by atoms with Crippen LogP contribution in [0.1, 0.15) is 31.1 Å². The van der Waals surface area contributed by atoms with Crippen LogP contribution < -0.4 is 5.32 Å². The summed E-state index contributed by atoms with van der Waals surface area (Å²) >= 11 is 0. The van der Waals surface area contributed by atoms with Crippen molar-refractivity contribution >= 4 is 23.7 Å². The molecule has 2 rings (SSSR count). The lowest BCUT2D eigenvalue weighted by atomic mass is 9.85. The fraction of sp³-hybridized carbons (Fsp3) is 0.333. The number of ether oxygens (including phenoxy) is 3. The predicted molar refractivity (Wildman–Crippen MR) is 102 cm³/mol. The maximum Gasteiger partial charge on any atom is 0.336 e. The molecule has 29 heavy (non-hydrogen) atoms. The van der Waals surface area contributed by atoms with Gasteiger partial charge in [0.2, 0.25) is 5.78 Å². The number of ketones is 1. The molecule has 1 aliphatic heterocycles. The molecule has 1 aromatic carbocycles. The lowest BCUT2D eigenvalue weighted by Gasteiger charge is -2.29. The normalized spacial score (nSPS) is 15.3. The number of methoxy groups -OCH3 is 2. The summed E-state index contributed by atoms with van der Waals surface area (Å²) in [6.45, 7) is 4.57. The van der Waals surface area contributed by atoms with Crippen molar-refractivity contribution in [2.45, 2.75) is 26.9 Å². The Hall–Kier alpha value is -3.42. The summed E-state index contributed by atoms with van der Waals surface area (Å²) in [7, 11) is 2.32. The molecule has 8 nitrogen and oxygen atoms in total. The van der Waals surface area contributed by atoms with Crippen LogP contribution in [0.4, 0.5) is 0 Å². The van der Waals surface area contributed by atoms with Gasteiger partial charge in [-0.15, -0.1) is 0 Å². The van der Waals surface area contributed by atoms with Crippen molar-refractivity contribution in [3.63, 3.8) is 0 Å². The standard InChI is InChI=1S/C21H23NO7/c1-11-15(19(24)27-4)17(16(12(2)22-11)20(25)28-5)21(26)29-13(3)18(23)14-9-7-6-8-10-14/h6-10,13,17,22H,1-5H3/t13-/m0/s1. The topological polar surface area (TPSA) is 108 Å². The quantitative estimate of drug-likeness (QED) is 0.438. The van der Waals surface area contributed by atoms with Crippen molar-refractivity contribution in [2.75, 3.05) is 14.2 Å². The van der Waals surface area contributed by atoms with Gasteiger partial charge in [-0.05, 0) is 20.8 Å². The van der Waals surface area contributed by atoms with Crippen molar-refractivity contribution in [3.05, 3.63) is 58.4 Å². The average Bonchev–Trinajstić information content (AvgIpc) is 2.72. The van der Waals surface area contributed by atoms with Crippen LogP contribution in [0, 0.1) is 5.92 Å². The van der Waals surface area contributed by atoms with Gasteiger partial charge in [-0.25, -0.2) is 9.59 Å². The maximum atomic E-state index is 13.0. The summed E-state index contributed by atoms with van der Waals surface area (Å²) in [5, 5.41) is 2.88. The summed E-state index contributed by atoms with van der Waals surface area (Å²) in [6.07, 6.45) is -1.13. The molecule has 0 saturated heterocycles. The number of carbonyl (C=O) groups excluding carboxylic acids is 4. The van der Waals surface area contributed by atoms with Crippen LogP contribution in [-0.4, -0.2) is 44.0 Å². The number of hydrogen-bond acceptors (Lipinski definition) is 8. The number of dihydropyridines is 1. The number of allylic oxidation sites excluding steroid dienone is 2. The molecule has 154 valence electrons. The second kappa shape index (κ2) is 9.18. The van der Waals surface area contributed by atoms with Gasteiger partial charge >= 0.3 is 17.9 Å². The monoisotopic (exact) mass is 401 g/mol. The Bertz CT molecular complexity index is 861. The summed E-state index contributed by atoms with van der Waals surface area (Å²) in [6, 6.07) is 8.35. The molecule has 0 radical (unpaired) electrons. The van der Waals surface area contributed by atoms with E-state index in [-0.39, 0.29) is 11.1 Å². The van der Waals surface area contributed by atoms with E-state index in [0.29, 0.717) is 17.0 Å². The molecule has 0 amide bonds. The summed E-state index contributed by atoms with van der Waals surface area (Å²) in [5.74, 6) is -4.32. The number of Topliss-reactive ketones (excluding diaryl/α,β-unsaturated/α-hetero) is 1. The first-order valence-electron chi connectivity index (χ1n) is 8.87. The molecule has 0 bridgehead atoms. The zero-order valence-electron chi connectivity index (χ0n) is 16.9. The number of esters is 3. The second-order valence-electron chi connectivity index (χ2n) is 6.43. The van der Waals surface area contributed by atoms with E-state index in [0.717, 1.165) is 14.2 Å². The number of benzene rings is 1. The van der Waals surface area contributed by atoms with Crippen molar-refractivity contribution in [2.24, 2.45) is 5.92 Å². The summed E-state index contributed by atoms with van der Waals surface area (Å²) in [5.41, 5.74) is 0.889. The molecule has 0 aromatic heterocycles. The zero-order chi connectivity index (χ0) is 21.7. The number of carbonyl (C=O) groups is 4. The molecule has 1 aromatic rings. The first kappa shape index (κ1) is 21.9. The molecule has 0 fully saturated rings. The highest BCUT2D eigenvalue weighted by Crippen LogP contribution is 2.32. The van der Waals surface area contributed by atoms with Gasteiger partial charge in [-0.3, -0.25) is 9.59 Å². The van der Waals surface area contributed by atoms with Gasteiger partial charge in [-0.1, -0.05) is 30.3 Å². The Morgan fingerprint density at radius 1 is 0.897 bits per heavy atom. The van der Waals surface area contributed by atoms with Gasteiger partial charge in [0.05, 0.1) is 25.4 Å². The van der Waals surface area contributed by atoms with Crippen LogP contribution in [0.15, 0.2) is 52.9 Å². The van der Waals surface area contributed by atoms with Crippen molar-refractivity contribution in [3.8, 4) is 0 Å². The predicted octanol–water partition coefficient (Wildman–Crippen LogP) is 1.91. The SMILES string of the molecule is COC(=O)C1=C(C)NC(C)=C(C(=O)OC)C1C(=O)O[C@@H](C)C(=O)c1ccccc1. The van der Waals surface area contributed by atoms with Crippen LogP contribution in [0.2, 0.25) is 0 Å². The molecule has 1 heterocycles. The fourth-order valence-electron chi connectivity index (χ4n) is 3.12. The molecule has 1 aliphatic rings. The minimum absolute atomic E-state index is 0.0807. The van der Waals surface area contributed by atoms with Crippen LogP contribution in [0.25, 0.3) is 0 Å². The smallest absolute Gasteiger partial charge is 0.336 e. The van der Waals surface area contributed by atoms with Crippen molar-refractivity contribution in [1.29, 1.82) is 0 Å². The van der Waals surface area contributed by atoms with E-state index < -0.39 is 35.7 Å². The van der Waals surface area contributed by atoms with E-state index >= 15 is 0 Å². The van der Waals surface area contributed by atoms with E-state index in [2.05, 4.69) is 5.32 Å². The largest absolute Gasteiger partial charge is 0.466 e. The lowest BCUT2D eigenvalue weighted by molar-refractivity contribution is -0.153. The first-order valence-corrected chi connectivity index (χ1v) is 8.87. The Morgan fingerprint density at radius 2 is 1.38 bits per heavy atom. The van der Waals surface area contributed by atoms with Gasteiger partial charge in [-0.2, -0.15) is 0 Å². The average molecular weight is 401 g/mol. The Kier molecular flexibility index (Phi) is 6.93. The van der Waals surface area contributed by atoms with Crippen molar-refractivity contribution in [1.82, 2.24) is 5.32 Å². The van der Waals surface area contributed by atoms with E-state index in [4.69, 9.17) is 14.2 Å². The van der Waals surface area contributed by atoms with Gasteiger partial charge < -0.3 is 19.5 Å².